The maximum absolute atomic E-state index is 10.7. The van der Waals surface area contributed by atoms with Crippen LogP contribution in [0.4, 0.5) is 0 Å². The first-order chi connectivity index (χ1) is 6.54. The Hall–Kier alpha value is 0.820. The number of carbonyl (C=O) groups excluding carboxylic acids is 1. The molecule has 0 bridgehead atoms. The van der Waals surface area contributed by atoms with Gasteiger partial charge in [0.15, 0.2) is 3.79 Å². The Labute approximate surface area is 114 Å². The molecule has 0 N–H and O–H groups in total. The summed E-state index contributed by atoms with van der Waals surface area (Å²) in [5.74, 6) is -0.309. The van der Waals surface area contributed by atoms with Crippen molar-refractivity contribution >= 4 is 56.7 Å². The smallest absolute Gasteiger partial charge is 0.302 e. The molecule has 0 aliphatic rings. The first-order valence-corrected chi connectivity index (χ1v) is 6.44. The summed E-state index contributed by atoms with van der Waals surface area (Å²) in [5, 5.41) is 0. The van der Waals surface area contributed by atoms with Gasteiger partial charge in [0.2, 0.25) is 0 Å². The summed E-state index contributed by atoms with van der Waals surface area (Å²) in [6, 6.07) is 0. The van der Waals surface area contributed by atoms with Gasteiger partial charge in [0.05, 0.1) is 6.61 Å². The van der Waals surface area contributed by atoms with Crippen molar-refractivity contribution in [1.82, 2.24) is 0 Å². The fourth-order valence-electron chi connectivity index (χ4n) is 0.858. The second-order valence-electron chi connectivity index (χ2n) is 4.06. The van der Waals surface area contributed by atoms with Crippen LogP contribution in [0.25, 0.3) is 0 Å². The third-order valence-corrected chi connectivity index (χ3v) is 3.93. The van der Waals surface area contributed by atoms with Crippen molar-refractivity contribution in [2.24, 2.45) is 5.41 Å². The molecule has 0 aromatic carbocycles. The fraction of sp³-hybridized carbons (Fsp3) is 0.889. The molecule has 0 spiro atoms. The highest BCUT2D eigenvalue weighted by Gasteiger charge is 2.35. The number of halogens is 4. The molecule has 0 heterocycles. The van der Waals surface area contributed by atoms with Gasteiger partial charge in [-0.3, -0.25) is 4.79 Å². The van der Waals surface area contributed by atoms with Crippen LogP contribution >= 0.6 is 50.7 Å². The number of hydrogen-bond donors (Lipinski definition) is 0. The zero-order valence-corrected chi connectivity index (χ0v) is 12.7. The van der Waals surface area contributed by atoms with E-state index in [4.69, 9.17) is 39.5 Å². The second-order valence-corrected chi connectivity index (χ2v) is 7.68. The summed E-state index contributed by atoms with van der Waals surface area (Å²) in [7, 11) is 0. The summed E-state index contributed by atoms with van der Waals surface area (Å²) < 4.78 is 3.64. The van der Waals surface area contributed by atoms with Gasteiger partial charge in [-0.15, -0.1) is 0 Å². The molecule has 0 rings (SSSR count). The number of esters is 1. The SMILES string of the molecule is CC(=O)OCC(C)(C)C(Br)CC(Cl)(Cl)Cl. The number of alkyl halides is 4. The molecule has 15 heavy (non-hydrogen) atoms. The highest BCUT2D eigenvalue weighted by Crippen LogP contribution is 2.40. The molecule has 6 heteroatoms. The quantitative estimate of drug-likeness (QED) is 0.569. The zero-order chi connectivity index (χ0) is 12.3. The Bertz CT molecular complexity index is 226. The van der Waals surface area contributed by atoms with Crippen molar-refractivity contribution in [2.45, 2.75) is 35.8 Å². The van der Waals surface area contributed by atoms with E-state index in [1.165, 1.54) is 6.92 Å². The predicted molar refractivity (Wildman–Crippen MR) is 68.0 cm³/mol. The molecule has 90 valence electrons. The predicted octanol–water partition coefficient (Wildman–Crippen LogP) is 4.10. The van der Waals surface area contributed by atoms with Gasteiger partial charge in [-0.1, -0.05) is 64.6 Å². The molecule has 0 aliphatic carbocycles. The van der Waals surface area contributed by atoms with E-state index < -0.39 is 3.79 Å². The lowest BCUT2D eigenvalue weighted by atomic mass is 9.89. The lowest BCUT2D eigenvalue weighted by molar-refractivity contribution is -0.143. The van der Waals surface area contributed by atoms with E-state index in [0.29, 0.717) is 13.0 Å². The van der Waals surface area contributed by atoms with Crippen LogP contribution in [0.15, 0.2) is 0 Å². The van der Waals surface area contributed by atoms with E-state index in [2.05, 4.69) is 15.9 Å². The fourth-order valence-corrected chi connectivity index (χ4v) is 2.50. The third-order valence-electron chi connectivity index (χ3n) is 1.91. The van der Waals surface area contributed by atoms with Crippen molar-refractivity contribution in [3.05, 3.63) is 0 Å². The van der Waals surface area contributed by atoms with Crippen molar-refractivity contribution < 1.29 is 9.53 Å². The normalized spacial score (nSPS) is 14.9. The number of ether oxygens (including phenoxy) is 1. The van der Waals surface area contributed by atoms with Crippen molar-refractivity contribution in [3.63, 3.8) is 0 Å². The number of rotatable bonds is 4. The van der Waals surface area contributed by atoms with Crippen LogP contribution in [0, 0.1) is 5.41 Å². The summed E-state index contributed by atoms with van der Waals surface area (Å²) in [5.41, 5.74) is -0.282. The minimum atomic E-state index is -1.30. The third kappa shape index (κ3) is 7.67. The maximum Gasteiger partial charge on any atom is 0.302 e. The number of carbonyl (C=O) groups is 1. The Balaban J connectivity index is 4.25. The maximum atomic E-state index is 10.7. The first-order valence-electron chi connectivity index (χ1n) is 4.39. The van der Waals surface area contributed by atoms with Gasteiger partial charge < -0.3 is 4.74 Å². The lowest BCUT2D eigenvalue weighted by Gasteiger charge is -2.31. The van der Waals surface area contributed by atoms with Crippen molar-refractivity contribution in [3.8, 4) is 0 Å². The average molecular weight is 340 g/mol. The molecule has 0 aromatic rings. The molecular weight excluding hydrogens is 326 g/mol. The van der Waals surface area contributed by atoms with Gasteiger partial charge in [0, 0.05) is 23.6 Å². The van der Waals surface area contributed by atoms with Gasteiger partial charge in [0.25, 0.3) is 0 Å². The van der Waals surface area contributed by atoms with Crippen LogP contribution in [0.3, 0.4) is 0 Å². The zero-order valence-electron chi connectivity index (χ0n) is 8.82. The van der Waals surface area contributed by atoms with Crippen LogP contribution < -0.4 is 0 Å². The van der Waals surface area contributed by atoms with Gasteiger partial charge >= 0.3 is 5.97 Å². The van der Waals surface area contributed by atoms with E-state index in [9.17, 15) is 4.79 Å². The van der Waals surface area contributed by atoms with Gasteiger partial charge in [-0.2, -0.15) is 0 Å². The van der Waals surface area contributed by atoms with E-state index in [1.54, 1.807) is 0 Å². The highest BCUT2D eigenvalue weighted by molar-refractivity contribution is 9.09. The molecule has 0 fully saturated rings. The summed E-state index contributed by atoms with van der Waals surface area (Å²) in [6.45, 7) is 5.53. The summed E-state index contributed by atoms with van der Waals surface area (Å²) in [4.78, 5) is 10.6. The molecular formula is C9H14BrCl3O2. The van der Waals surface area contributed by atoms with Gasteiger partial charge in [0.1, 0.15) is 0 Å². The summed E-state index contributed by atoms with van der Waals surface area (Å²) in [6.07, 6.45) is 0.353. The monoisotopic (exact) mass is 338 g/mol. The van der Waals surface area contributed by atoms with Gasteiger partial charge in [-0.25, -0.2) is 0 Å². The Morgan fingerprint density at radius 3 is 2.20 bits per heavy atom. The van der Waals surface area contributed by atoms with Crippen LogP contribution in [0.1, 0.15) is 27.2 Å². The minimum absolute atomic E-state index is 0.0446. The van der Waals surface area contributed by atoms with Crippen LogP contribution in [0.5, 0.6) is 0 Å². The van der Waals surface area contributed by atoms with Crippen molar-refractivity contribution in [1.29, 1.82) is 0 Å². The number of hydrogen-bond acceptors (Lipinski definition) is 2. The second kappa shape index (κ2) is 5.95. The summed E-state index contributed by atoms with van der Waals surface area (Å²) >= 11 is 20.5. The Morgan fingerprint density at radius 2 is 1.87 bits per heavy atom. The molecule has 0 saturated carbocycles. The van der Waals surface area contributed by atoms with E-state index >= 15 is 0 Å². The first kappa shape index (κ1) is 15.8. The minimum Gasteiger partial charge on any atom is -0.465 e. The molecule has 1 unspecified atom stereocenters. The molecule has 0 aliphatic heterocycles. The molecule has 0 amide bonds. The largest absolute Gasteiger partial charge is 0.465 e. The Kier molecular flexibility index (Phi) is 6.27. The van der Waals surface area contributed by atoms with Crippen LogP contribution in [-0.4, -0.2) is 21.2 Å². The molecule has 2 nitrogen and oxygen atoms in total. The molecule has 0 aromatic heterocycles. The van der Waals surface area contributed by atoms with Gasteiger partial charge in [-0.05, 0) is 0 Å². The Morgan fingerprint density at radius 1 is 1.40 bits per heavy atom. The molecule has 1 atom stereocenters. The topological polar surface area (TPSA) is 26.3 Å². The molecule has 0 radical (unpaired) electrons. The van der Waals surface area contributed by atoms with E-state index in [-0.39, 0.29) is 16.2 Å². The van der Waals surface area contributed by atoms with E-state index in [0.717, 1.165) is 0 Å². The van der Waals surface area contributed by atoms with Crippen LogP contribution in [-0.2, 0) is 9.53 Å². The van der Waals surface area contributed by atoms with Crippen molar-refractivity contribution in [2.75, 3.05) is 6.61 Å². The average Bonchev–Trinajstić information content (AvgIpc) is 1.97. The molecule has 0 saturated heterocycles. The van der Waals surface area contributed by atoms with Crippen LogP contribution in [0.2, 0.25) is 0 Å². The highest BCUT2D eigenvalue weighted by atomic mass is 79.9. The standard InChI is InChI=1S/C9H14BrCl3O2/c1-6(14)15-5-8(2,3)7(10)4-9(11,12)13/h7H,4-5H2,1-3H3. The van der Waals surface area contributed by atoms with E-state index in [1.807, 2.05) is 13.8 Å². The lowest BCUT2D eigenvalue weighted by Crippen LogP contribution is -2.33.